The summed E-state index contributed by atoms with van der Waals surface area (Å²) in [4.78, 5) is 14.6. The zero-order valence-corrected chi connectivity index (χ0v) is 14.7. The van der Waals surface area contributed by atoms with Gasteiger partial charge in [-0.3, -0.25) is 15.1 Å². The van der Waals surface area contributed by atoms with E-state index in [-0.39, 0.29) is 9.79 Å². The molecule has 0 spiro atoms. The molecule has 27 heavy (non-hydrogen) atoms. The lowest BCUT2D eigenvalue weighted by atomic mass is 10.2. The lowest BCUT2D eigenvalue weighted by molar-refractivity contribution is -0.387. The minimum Gasteiger partial charge on any atom is -0.324 e. The number of fused-ring (bicyclic) bond motifs is 1. The molecule has 0 unspecified atom stereocenters. The normalized spacial score (nSPS) is 11.6. The monoisotopic (exact) mass is 379 g/mol. The molecule has 4 rings (SSSR count). The van der Waals surface area contributed by atoms with E-state index in [1.54, 1.807) is 59.6 Å². The summed E-state index contributed by atoms with van der Waals surface area (Å²) >= 11 is 0. The van der Waals surface area contributed by atoms with Crippen LogP contribution in [0, 0.1) is 10.1 Å². The quantitative estimate of drug-likeness (QED) is 0.397. The lowest BCUT2D eigenvalue weighted by Gasteiger charge is -2.10. The molecule has 0 saturated carbocycles. The fourth-order valence-corrected chi connectivity index (χ4v) is 4.61. The van der Waals surface area contributed by atoms with Crippen LogP contribution in [0.3, 0.4) is 0 Å². The van der Waals surface area contributed by atoms with E-state index in [2.05, 4.69) is 4.98 Å². The van der Waals surface area contributed by atoms with E-state index < -0.39 is 20.4 Å². The highest BCUT2D eigenvalue weighted by Gasteiger charge is 2.29. The van der Waals surface area contributed by atoms with Gasteiger partial charge in [0.1, 0.15) is 4.90 Å². The van der Waals surface area contributed by atoms with E-state index in [0.29, 0.717) is 16.5 Å². The van der Waals surface area contributed by atoms with Gasteiger partial charge in [0.05, 0.1) is 15.5 Å². The summed E-state index contributed by atoms with van der Waals surface area (Å²) in [5.41, 5.74) is 0.0417. The van der Waals surface area contributed by atoms with Crippen LogP contribution < -0.4 is 0 Å². The Labute approximate surface area is 154 Å². The van der Waals surface area contributed by atoms with Gasteiger partial charge in [-0.05, 0) is 36.4 Å². The van der Waals surface area contributed by atoms with E-state index >= 15 is 0 Å². The van der Waals surface area contributed by atoms with Crippen molar-refractivity contribution in [1.29, 1.82) is 0 Å². The maximum atomic E-state index is 13.2. The molecule has 8 heteroatoms. The van der Waals surface area contributed by atoms with Crippen molar-refractivity contribution < 1.29 is 13.3 Å². The first kappa shape index (κ1) is 16.9. The Bertz CT molecular complexity index is 1260. The van der Waals surface area contributed by atoms with E-state index in [4.69, 9.17) is 0 Å². The molecule has 0 bridgehead atoms. The van der Waals surface area contributed by atoms with Crippen LogP contribution in [-0.4, -0.2) is 22.9 Å². The van der Waals surface area contributed by atoms with Gasteiger partial charge in [-0.15, -0.1) is 0 Å². The summed E-state index contributed by atoms with van der Waals surface area (Å²) in [6, 6.07) is 14.0. The number of sulfone groups is 1. The lowest BCUT2D eigenvalue weighted by Crippen LogP contribution is -2.07. The molecule has 0 aliphatic rings. The minimum atomic E-state index is -4.11. The summed E-state index contributed by atoms with van der Waals surface area (Å²) in [6.07, 6.45) is 6.50. The van der Waals surface area contributed by atoms with Crippen molar-refractivity contribution in [1.82, 2.24) is 9.55 Å². The molecular formula is C19H13N3O4S. The Morgan fingerprint density at radius 2 is 1.74 bits per heavy atom. The highest BCUT2D eigenvalue weighted by atomic mass is 32.2. The number of rotatable bonds is 4. The molecule has 2 aromatic carbocycles. The fraction of sp³-hybridized carbons (Fsp3) is 0. The van der Waals surface area contributed by atoms with Gasteiger partial charge in [0.25, 0.3) is 5.69 Å². The number of hydrogen-bond acceptors (Lipinski definition) is 5. The van der Waals surface area contributed by atoms with Crippen LogP contribution in [0.2, 0.25) is 0 Å². The summed E-state index contributed by atoms with van der Waals surface area (Å²) in [7, 11) is -4.11. The second-order valence-electron chi connectivity index (χ2n) is 5.86. The molecule has 2 heterocycles. The molecule has 2 aromatic heterocycles. The van der Waals surface area contributed by atoms with Crippen molar-refractivity contribution in [3.05, 3.63) is 89.5 Å². The average molecular weight is 379 g/mol. The van der Waals surface area contributed by atoms with Crippen LogP contribution in [0.5, 0.6) is 0 Å². The van der Waals surface area contributed by atoms with Crippen LogP contribution in [0.15, 0.2) is 89.2 Å². The van der Waals surface area contributed by atoms with Crippen LogP contribution in [0.1, 0.15) is 0 Å². The summed E-state index contributed by atoms with van der Waals surface area (Å²) in [5, 5.41) is 12.7. The van der Waals surface area contributed by atoms with Crippen molar-refractivity contribution in [3.8, 4) is 5.69 Å². The Kier molecular flexibility index (Phi) is 3.97. The molecule has 0 N–H and O–H groups in total. The molecule has 0 radical (unpaired) electrons. The molecule has 0 fully saturated rings. The number of benzene rings is 2. The number of nitro benzene ring substituents is 1. The van der Waals surface area contributed by atoms with Crippen LogP contribution in [0.25, 0.3) is 16.5 Å². The average Bonchev–Trinajstić information content (AvgIpc) is 3.21. The molecule has 7 nitrogen and oxygen atoms in total. The van der Waals surface area contributed by atoms with Crippen molar-refractivity contribution in [2.24, 2.45) is 0 Å². The molecule has 4 aromatic rings. The third-order valence-electron chi connectivity index (χ3n) is 4.26. The highest BCUT2D eigenvalue weighted by molar-refractivity contribution is 7.91. The topological polar surface area (TPSA) is 95.1 Å². The molecule has 0 amide bonds. The van der Waals surface area contributed by atoms with Crippen LogP contribution in [0.4, 0.5) is 5.69 Å². The number of pyridine rings is 1. The van der Waals surface area contributed by atoms with E-state index in [1.807, 2.05) is 0 Å². The van der Waals surface area contributed by atoms with Crippen molar-refractivity contribution >= 4 is 26.3 Å². The predicted molar refractivity (Wildman–Crippen MR) is 99.6 cm³/mol. The van der Waals surface area contributed by atoms with Gasteiger partial charge in [-0.25, -0.2) is 8.42 Å². The van der Waals surface area contributed by atoms with E-state index in [1.165, 1.54) is 24.4 Å². The largest absolute Gasteiger partial charge is 0.324 e. The minimum absolute atomic E-state index is 0.0132. The molecule has 0 saturated heterocycles. The molecular weight excluding hydrogens is 366 g/mol. The Morgan fingerprint density at radius 3 is 2.48 bits per heavy atom. The van der Waals surface area contributed by atoms with E-state index in [0.717, 1.165) is 0 Å². The smallest absolute Gasteiger partial charge is 0.290 e. The van der Waals surface area contributed by atoms with Crippen LogP contribution in [-0.2, 0) is 9.84 Å². The summed E-state index contributed by atoms with van der Waals surface area (Å²) in [6.45, 7) is 0. The zero-order chi connectivity index (χ0) is 19.0. The summed E-state index contributed by atoms with van der Waals surface area (Å²) < 4.78 is 28.2. The second-order valence-corrected chi connectivity index (χ2v) is 7.74. The van der Waals surface area contributed by atoms with Gasteiger partial charge in [-0.1, -0.05) is 12.1 Å². The van der Waals surface area contributed by atoms with Crippen molar-refractivity contribution in [2.45, 2.75) is 9.79 Å². The number of hydrogen-bond donors (Lipinski definition) is 0. The van der Waals surface area contributed by atoms with Gasteiger partial charge < -0.3 is 4.57 Å². The standard InChI is InChI=1S/C19H13N3O4S/c23-22(24)17-12-15(21-10-1-2-11-21)6-7-19(17)27(25,26)18-5-3-4-14-13-20-9-8-16(14)18/h1-13H. The second kappa shape index (κ2) is 6.33. The number of nitrogens with zero attached hydrogens (tertiary/aromatic N) is 3. The van der Waals surface area contributed by atoms with Gasteiger partial charge >= 0.3 is 0 Å². The first-order valence-corrected chi connectivity index (χ1v) is 9.46. The first-order valence-electron chi connectivity index (χ1n) is 7.98. The first-order chi connectivity index (χ1) is 13.0. The number of aromatic nitrogens is 2. The Morgan fingerprint density at radius 1 is 0.963 bits per heavy atom. The van der Waals surface area contributed by atoms with Gasteiger partial charge in [0, 0.05) is 41.6 Å². The Hall–Kier alpha value is -3.52. The maximum absolute atomic E-state index is 13.2. The van der Waals surface area contributed by atoms with Crippen molar-refractivity contribution in [3.63, 3.8) is 0 Å². The van der Waals surface area contributed by atoms with Gasteiger partial charge in [-0.2, -0.15) is 0 Å². The Balaban J connectivity index is 1.95. The van der Waals surface area contributed by atoms with Crippen LogP contribution >= 0.6 is 0 Å². The van der Waals surface area contributed by atoms with Gasteiger partial charge in [0.2, 0.25) is 9.84 Å². The SMILES string of the molecule is O=[N+]([O-])c1cc(-n2cccc2)ccc1S(=O)(=O)c1cccc2cnccc12. The third kappa shape index (κ3) is 2.85. The highest BCUT2D eigenvalue weighted by Crippen LogP contribution is 2.34. The molecule has 0 atom stereocenters. The predicted octanol–water partition coefficient (Wildman–Crippen LogP) is 3.77. The zero-order valence-electron chi connectivity index (χ0n) is 13.9. The molecule has 0 aliphatic carbocycles. The van der Waals surface area contributed by atoms with E-state index in [9.17, 15) is 18.5 Å². The third-order valence-corrected chi connectivity index (χ3v) is 6.12. The van der Waals surface area contributed by atoms with Gasteiger partial charge in [0.15, 0.2) is 0 Å². The van der Waals surface area contributed by atoms with Crippen molar-refractivity contribution in [2.75, 3.05) is 0 Å². The molecule has 0 aliphatic heterocycles. The summed E-state index contributed by atoms with van der Waals surface area (Å²) in [5.74, 6) is 0. The maximum Gasteiger partial charge on any atom is 0.290 e. The molecule has 134 valence electrons. The number of nitro groups is 1. The fourth-order valence-electron chi connectivity index (χ4n) is 2.99.